The second-order valence-corrected chi connectivity index (χ2v) is 3.45. The summed E-state index contributed by atoms with van der Waals surface area (Å²) >= 11 is 0. The van der Waals surface area contributed by atoms with E-state index in [2.05, 4.69) is 4.74 Å². The normalized spacial score (nSPS) is 11.5. The minimum absolute atomic E-state index is 0.323. The first kappa shape index (κ1) is 13.6. The van der Waals surface area contributed by atoms with Gasteiger partial charge in [0.2, 0.25) is 0 Å². The van der Waals surface area contributed by atoms with E-state index in [4.69, 9.17) is 10.5 Å². The van der Waals surface area contributed by atoms with Crippen molar-refractivity contribution in [2.24, 2.45) is 0 Å². The smallest absolute Gasteiger partial charge is 0.411 e. The Morgan fingerprint density at radius 2 is 2.00 bits per heavy atom. The zero-order valence-corrected chi connectivity index (χ0v) is 9.38. The molecule has 0 aliphatic carbocycles. The quantitative estimate of drug-likeness (QED) is 0.495. The Labute approximate surface area is 97.3 Å². The van der Waals surface area contributed by atoms with Gasteiger partial charge >= 0.3 is 6.18 Å². The Kier molecular flexibility index (Phi) is 4.62. The van der Waals surface area contributed by atoms with Crippen LogP contribution >= 0.6 is 0 Å². The number of benzene rings is 1. The molecular weight excluding hydrogens is 235 g/mol. The molecule has 17 heavy (non-hydrogen) atoms. The van der Waals surface area contributed by atoms with Crippen LogP contribution in [0.3, 0.4) is 0 Å². The average molecular weight is 249 g/mol. The number of anilines is 1. The molecule has 96 valence electrons. The fourth-order valence-corrected chi connectivity index (χ4v) is 1.21. The van der Waals surface area contributed by atoms with Crippen LogP contribution in [0.2, 0.25) is 0 Å². The summed E-state index contributed by atoms with van der Waals surface area (Å²) in [5.41, 5.74) is 7.08. The summed E-state index contributed by atoms with van der Waals surface area (Å²) < 4.78 is 44.6. The number of rotatable bonds is 5. The summed E-state index contributed by atoms with van der Waals surface area (Å²) in [6.45, 7) is 0.164. The molecule has 6 heteroatoms. The van der Waals surface area contributed by atoms with Crippen LogP contribution in [0.15, 0.2) is 18.2 Å². The second kappa shape index (κ2) is 5.77. The van der Waals surface area contributed by atoms with Crippen LogP contribution in [0.25, 0.3) is 0 Å². The maximum atomic E-state index is 11.8. The first-order valence-electron chi connectivity index (χ1n) is 5.08. The van der Waals surface area contributed by atoms with Crippen molar-refractivity contribution in [2.45, 2.75) is 19.5 Å². The lowest BCUT2D eigenvalue weighted by Crippen LogP contribution is -2.19. The summed E-state index contributed by atoms with van der Waals surface area (Å²) in [5, 5.41) is 0. The van der Waals surface area contributed by atoms with Crippen molar-refractivity contribution in [2.75, 3.05) is 19.1 Å². The van der Waals surface area contributed by atoms with Crippen molar-refractivity contribution in [3.63, 3.8) is 0 Å². The number of hydrogen-bond donors (Lipinski definition) is 1. The van der Waals surface area contributed by atoms with Crippen molar-refractivity contribution >= 4 is 5.69 Å². The van der Waals surface area contributed by atoms with Gasteiger partial charge in [-0.1, -0.05) is 13.0 Å². The molecule has 0 aromatic heterocycles. The van der Waals surface area contributed by atoms with Gasteiger partial charge in [-0.05, 0) is 24.1 Å². The first-order valence-corrected chi connectivity index (χ1v) is 5.08. The molecule has 1 rings (SSSR count). The highest BCUT2D eigenvalue weighted by molar-refractivity contribution is 5.54. The Bertz CT molecular complexity index is 366. The minimum atomic E-state index is -4.35. The molecule has 0 saturated carbocycles. The number of nitrogen functional groups attached to an aromatic ring is 1. The van der Waals surface area contributed by atoms with E-state index in [0.29, 0.717) is 11.4 Å². The van der Waals surface area contributed by atoms with E-state index >= 15 is 0 Å². The number of halogens is 3. The van der Waals surface area contributed by atoms with Gasteiger partial charge in [-0.15, -0.1) is 0 Å². The maximum Gasteiger partial charge on any atom is 0.411 e. The van der Waals surface area contributed by atoms with Crippen LogP contribution < -0.4 is 10.5 Å². The molecule has 0 atom stereocenters. The van der Waals surface area contributed by atoms with E-state index in [1.165, 1.54) is 0 Å². The zero-order valence-electron chi connectivity index (χ0n) is 9.38. The Morgan fingerprint density at radius 3 is 2.53 bits per heavy atom. The fourth-order valence-electron chi connectivity index (χ4n) is 1.21. The van der Waals surface area contributed by atoms with Crippen LogP contribution in [0, 0.1) is 0 Å². The Balaban J connectivity index is 2.42. The Hall–Kier alpha value is -1.43. The lowest BCUT2D eigenvalue weighted by Gasteiger charge is -2.11. The van der Waals surface area contributed by atoms with E-state index in [0.717, 1.165) is 12.0 Å². The van der Waals surface area contributed by atoms with Gasteiger partial charge < -0.3 is 15.2 Å². The molecule has 0 bridgehead atoms. The average Bonchev–Trinajstić information content (AvgIpc) is 2.24. The van der Waals surface area contributed by atoms with Crippen molar-refractivity contribution in [1.29, 1.82) is 0 Å². The van der Waals surface area contributed by atoms with Gasteiger partial charge in [0.15, 0.2) is 6.79 Å². The molecule has 1 aromatic rings. The molecule has 0 saturated heterocycles. The summed E-state index contributed by atoms with van der Waals surface area (Å²) in [4.78, 5) is 0. The molecule has 0 amide bonds. The molecule has 1 aromatic carbocycles. The summed E-state index contributed by atoms with van der Waals surface area (Å²) in [6.07, 6.45) is -3.52. The molecule has 2 N–H and O–H groups in total. The molecule has 0 fully saturated rings. The Morgan fingerprint density at radius 1 is 1.29 bits per heavy atom. The summed E-state index contributed by atoms with van der Waals surface area (Å²) in [6, 6.07) is 5.14. The first-order chi connectivity index (χ1) is 7.92. The molecule has 0 aliphatic rings. The number of aryl methyl sites for hydroxylation is 1. The maximum absolute atomic E-state index is 11.8. The predicted octanol–water partition coefficient (Wildman–Crippen LogP) is 2.75. The van der Waals surface area contributed by atoms with E-state index < -0.39 is 19.6 Å². The number of nitrogens with two attached hydrogens (primary N) is 1. The van der Waals surface area contributed by atoms with Crippen LogP contribution in [0.1, 0.15) is 12.5 Å². The third kappa shape index (κ3) is 4.95. The fraction of sp³-hybridized carbons (Fsp3) is 0.455. The van der Waals surface area contributed by atoms with Crippen LogP contribution in [0.5, 0.6) is 5.75 Å². The third-order valence-electron chi connectivity index (χ3n) is 2.05. The number of ether oxygens (including phenoxy) is 2. The molecular formula is C11H14F3NO2. The minimum Gasteiger partial charge on any atom is -0.465 e. The van der Waals surface area contributed by atoms with Gasteiger partial charge in [0.25, 0.3) is 0 Å². The van der Waals surface area contributed by atoms with Gasteiger partial charge in [0, 0.05) is 0 Å². The second-order valence-electron chi connectivity index (χ2n) is 3.45. The van der Waals surface area contributed by atoms with Crippen LogP contribution in [0.4, 0.5) is 18.9 Å². The van der Waals surface area contributed by atoms with E-state index in [1.807, 2.05) is 6.92 Å². The van der Waals surface area contributed by atoms with E-state index in [9.17, 15) is 13.2 Å². The molecule has 0 spiro atoms. The monoisotopic (exact) mass is 249 g/mol. The lowest BCUT2D eigenvalue weighted by atomic mass is 10.1. The number of alkyl halides is 3. The van der Waals surface area contributed by atoms with Crippen LogP contribution in [-0.4, -0.2) is 19.6 Å². The van der Waals surface area contributed by atoms with Gasteiger partial charge in [0.05, 0.1) is 5.69 Å². The van der Waals surface area contributed by atoms with Gasteiger partial charge in [0.1, 0.15) is 12.4 Å². The highest BCUT2D eigenvalue weighted by atomic mass is 19.4. The molecule has 0 unspecified atom stereocenters. The highest BCUT2D eigenvalue weighted by Gasteiger charge is 2.27. The zero-order chi connectivity index (χ0) is 12.9. The molecule has 0 radical (unpaired) electrons. The lowest BCUT2D eigenvalue weighted by molar-refractivity contribution is -0.186. The molecule has 0 heterocycles. The standard InChI is InChI=1S/C11H14F3NO2/c1-2-8-3-4-10(9(15)5-8)17-7-16-6-11(12,13)14/h3-5H,2,6-7,15H2,1H3. The number of hydrogen-bond acceptors (Lipinski definition) is 3. The van der Waals surface area contributed by atoms with Gasteiger partial charge in [-0.25, -0.2) is 0 Å². The topological polar surface area (TPSA) is 44.5 Å². The summed E-state index contributed by atoms with van der Waals surface area (Å²) in [7, 11) is 0. The molecule has 3 nitrogen and oxygen atoms in total. The van der Waals surface area contributed by atoms with Crippen LogP contribution in [-0.2, 0) is 11.2 Å². The third-order valence-corrected chi connectivity index (χ3v) is 2.05. The van der Waals surface area contributed by atoms with Crippen molar-refractivity contribution < 1.29 is 22.6 Å². The molecule has 0 aliphatic heterocycles. The van der Waals surface area contributed by atoms with Gasteiger partial charge in [-0.2, -0.15) is 13.2 Å². The van der Waals surface area contributed by atoms with Crippen molar-refractivity contribution in [3.8, 4) is 5.75 Å². The predicted molar refractivity (Wildman–Crippen MR) is 57.7 cm³/mol. The summed E-state index contributed by atoms with van der Waals surface area (Å²) in [5.74, 6) is 0.323. The largest absolute Gasteiger partial charge is 0.465 e. The van der Waals surface area contributed by atoms with E-state index in [-0.39, 0.29) is 0 Å². The van der Waals surface area contributed by atoms with E-state index in [1.54, 1.807) is 18.2 Å². The van der Waals surface area contributed by atoms with Gasteiger partial charge in [-0.3, -0.25) is 0 Å². The SMILES string of the molecule is CCc1ccc(OCOCC(F)(F)F)c(N)c1. The highest BCUT2D eigenvalue weighted by Crippen LogP contribution is 2.23. The van der Waals surface area contributed by atoms with Crippen molar-refractivity contribution in [1.82, 2.24) is 0 Å². The van der Waals surface area contributed by atoms with Crippen molar-refractivity contribution in [3.05, 3.63) is 23.8 Å².